The number of halogens is 1. The van der Waals surface area contributed by atoms with Gasteiger partial charge in [0.15, 0.2) is 34.6 Å². The number of nitrogens with zero attached hydrogens (tertiary/aromatic N) is 1. The summed E-state index contributed by atoms with van der Waals surface area (Å²) in [6.45, 7) is 2.74. The first-order valence-corrected chi connectivity index (χ1v) is 15.0. The first kappa shape index (κ1) is 32.3. The molecule has 0 aliphatic carbocycles. The van der Waals surface area contributed by atoms with Gasteiger partial charge >= 0.3 is 11.8 Å². The molecule has 11 nitrogen and oxygen atoms in total. The number of pyridine rings is 1. The lowest BCUT2D eigenvalue weighted by molar-refractivity contribution is -0.136. The van der Waals surface area contributed by atoms with Crippen molar-refractivity contribution in [2.24, 2.45) is 5.92 Å². The van der Waals surface area contributed by atoms with Gasteiger partial charge in [0.2, 0.25) is 0 Å². The Morgan fingerprint density at radius 3 is 2.33 bits per heavy atom. The number of hydrogen-bond acceptors (Lipinski definition) is 9. The quantitative estimate of drug-likeness (QED) is 0.188. The van der Waals surface area contributed by atoms with Crippen LogP contribution in [0.2, 0.25) is 0 Å². The maximum Gasteiger partial charge on any atom is 0.313 e. The van der Waals surface area contributed by atoms with E-state index in [1.165, 1.54) is 19.2 Å². The first-order valence-electron chi connectivity index (χ1n) is 15.0. The van der Waals surface area contributed by atoms with E-state index in [1.807, 2.05) is 6.07 Å². The van der Waals surface area contributed by atoms with Crippen molar-refractivity contribution in [2.45, 2.75) is 19.3 Å². The molecule has 12 heteroatoms. The normalized spacial score (nSPS) is 13.1. The molecule has 0 spiro atoms. The van der Waals surface area contributed by atoms with Gasteiger partial charge in [-0.1, -0.05) is 6.07 Å². The van der Waals surface area contributed by atoms with Gasteiger partial charge in [-0.2, -0.15) is 0 Å². The second-order valence-corrected chi connectivity index (χ2v) is 10.7. The number of benzene rings is 3. The minimum Gasteiger partial charge on any atom is -0.493 e. The fourth-order valence-electron chi connectivity index (χ4n) is 5.15. The lowest BCUT2D eigenvalue weighted by Crippen LogP contribution is -2.36. The average Bonchev–Trinajstić information content (AvgIpc) is 3.08. The Kier molecular flexibility index (Phi) is 10.7. The molecule has 0 unspecified atom stereocenters. The van der Waals surface area contributed by atoms with E-state index in [0.29, 0.717) is 58.6 Å². The van der Waals surface area contributed by atoms with E-state index in [1.54, 1.807) is 50.7 Å². The van der Waals surface area contributed by atoms with E-state index in [4.69, 9.17) is 23.7 Å². The Balaban J connectivity index is 1.19. The molecule has 0 radical (unpaired) electrons. The maximum atomic E-state index is 15.1. The fourth-order valence-corrected chi connectivity index (χ4v) is 5.15. The number of anilines is 1. The van der Waals surface area contributed by atoms with Crippen LogP contribution in [0.1, 0.15) is 18.4 Å². The average molecular weight is 633 g/mol. The van der Waals surface area contributed by atoms with Gasteiger partial charge < -0.3 is 39.6 Å². The van der Waals surface area contributed by atoms with Gasteiger partial charge in [0, 0.05) is 35.9 Å². The molecular formula is C34H37FN4O7. The van der Waals surface area contributed by atoms with E-state index >= 15 is 4.39 Å². The number of fused-ring (bicyclic) bond motifs is 1. The van der Waals surface area contributed by atoms with Crippen molar-refractivity contribution in [3.63, 3.8) is 0 Å². The minimum absolute atomic E-state index is 0.0740. The summed E-state index contributed by atoms with van der Waals surface area (Å²) < 4.78 is 43.2. The third-order valence-electron chi connectivity index (χ3n) is 7.68. The van der Waals surface area contributed by atoms with Crippen molar-refractivity contribution in [3.8, 4) is 34.5 Å². The zero-order valence-corrected chi connectivity index (χ0v) is 26.0. The van der Waals surface area contributed by atoms with Crippen LogP contribution in [0.4, 0.5) is 10.1 Å². The summed E-state index contributed by atoms with van der Waals surface area (Å²) in [5, 5.41) is 8.93. The minimum atomic E-state index is -0.925. The number of methoxy groups -OCH3 is 3. The molecule has 1 saturated heterocycles. The number of piperidine rings is 1. The van der Waals surface area contributed by atoms with Crippen molar-refractivity contribution in [2.75, 3.05) is 52.9 Å². The van der Waals surface area contributed by atoms with Crippen LogP contribution >= 0.6 is 0 Å². The van der Waals surface area contributed by atoms with Crippen LogP contribution in [0.3, 0.4) is 0 Å². The molecule has 1 aliphatic heterocycles. The number of carbonyl (C=O) groups excluding carboxylic acids is 2. The van der Waals surface area contributed by atoms with Gasteiger partial charge in [0.1, 0.15) is 5.75 Å². The van der Waals surface area contributed by atoms with E-state index in [9.17, 15) is 9.59 Å². The summed E-state index contributed by atoms with van der Waals surface area (Å²) >= 11 is 0. The number of rotatable bonds is 12. The molecule has 0 atom stereocenters. The lowest BCUT2D eigenvalue weighted by Gasteiger charge is -2.23. The molecule has 0 saturated carbocycles. The number of nitrogens with one attached hydrogen (secondary N) is 3. The third-order valence-corrected chi connectivity index (χ3v) is 7.68. The molecule has 1 aliphatic rings. The molecule has 5 rings (SSSR count). The van der Waals surface area contributed by atoms with E-state index in [0.717, 1.165) is 37.6 Å². The summed E-state index contributed by atoms with van der Waals surface area (Å²) in [5.41, 5.74) is 1.58. The molecule has 242 valence electrons. The lowest BCUT2D eigenvalue weighted by atomic mass is 9.99. The van der Waals surface area contributed by atoms with Gasteiger partial charge in [0.05, 0.1) is 33.5 Å². The summed E-state index contributed by atoms with van der Waals surface area (Å²) in [7, 11) is 4.64. The number of aromatic nitrogens is 1. The summed E-state index contributed by atoms with van der Waals surface area (Å²) in [6, 6.07) is 14.5. The zero-order chi connectivity index (χ0) is 32.5. The largest absolute Gasteiger partial charge is 0.493 e. The maximum absolute atomic E-state index is 15.1. The molecule has 1 fully saturated rings. The van der Waals surface area contributed by atoms with Crippen molar-refractivity contribution < 1.29 is 37.7 Å². The molecule has 4 aromatic rings. The number of hydrogen-bond donors (Lipinski definition) is 3. The van der Waals surface area contributed by atoms with E-state index in [-0.39, 0.29) is 18.0 Å². The van der Waals surface area contributed by atoms with Crippen LogP contribution in [0.25, 0.3) is 10.9 Å². The molecule has 2 heterocycles. The number of amides is 2. The van der Waals surface area contributed by atoms with Crippen LogP contribution in [0, 0.1) is 11.7 Å². The van der Waals surface area contributed by atoms with Crippen molar-refractivity contribution in [1.29, 1.82) is 0 Å². The summed E-state index contributed by atoms with van der Waals surface area (Å²) in [5.74, 6) is 0.493. The number of carbonyl (C=O) groups is 2. The van der Waals surface area contributed by atoms with Gasteiger partial charge in [0.25, 0.3) is 0 Å². The smallest absolute Gasteiger partial charge is 0.313 e. The standard InChI is InChI=1S/C34H37FN4O7/c1-42-29-6-4-21(16-30(29)43-2)10-14-38-33(40)34(41)39-23-5-7-28(25(35)17-23)46-27-11-15-37-26-19-32(31(44-3)18-24(26)27)45-20-22-8-12-36-13-9-22/h4-7,11,15-19,22,36H,8-10,12-14,20H2,1-3H3,(H,38,40)(H,39,41). The number of ether oxygens (including phenoxy) is 5. The Hall–Kier alpha value is -5.10. The highest BCUT2D eigenvalue weighted by molar-refractivity contribution is 6.39. The molecule has 3 N–H and O–H groups in total. The van der Waals surface area contributed by atoms with Crippen LogP contribution in [0.15, 0.2) is 60.8 Å². The summed E-state index contributed by atoms with van der Waals surface area (Å²) in [6.07, 6.45) is 4.13. The third kappa shape index (κ3) is 7.94. The molecule has 3 aromatic carbocycles. The Morgan fingerprint density at radius 2 is 1.59 bits per heavy atom. The van der Waals surface area contributed by atoms with Crippen LogP contribution in [-0.2, 0) is 16.0 Å². The van der Waals surface area contributed by atoms with E-state index in [2.05, 4.69) is 20.9 Å². The Labute approximate surface area is 266 Å². The predicted molar refractivity (Wildman–Crippen MR) is 171 cm³/mol. The second kappa shape index (κ2) is 15.3. The molecular weight excluding hydrogens is 595 g/mol. The van der Waals surface area contributed by atoms with Crippen molar-refractivity contribution >= 4 is 28.4 Å². The van der Waals surface area contributed by atoms with Crippen molar-refractivity contribution in [3.05, 3.63) is 72.2 Å². The first-order chi connectivity index (χ1) is 22.4. The van der Waals surface area contributed by atoms with E-state index < -0.39 is 17.6 Å². The highest BCUT2D eigenvalue weighted by atomic mass is 19.1. The molecule has 0 bridgehead atoms. The van der Waals surface area contributed by atoms with Crippen molar-refractivity contribution in [1.82, 2.24) is 15.6 Å². The molecule has 1 aromatic heterocycles. The predicted octanol–water partition coefficient (Wildman–Crippen LogP) is 4.87. The zero-order valence-electron chi connectivity index (χ0n) is 26.0. The van der Waals surface area contributed by atoms with Crippen LogP contribution < -0.4 is 39.6 Å². The van der Waals surface area contributed by atoms with Gasteiger partial charge in [-0.05, 0) is 80.2 Å². The van der Waals surface area contributed by atoms with Gasteiger partial charge in [-0.3, -0.25) is 14.6 Å². The van der Waals surface area contributed by atoms with Crippen LogP contribution in [0.5, 0.6) is 34.5 Å². The Bertz CT molecular complexity index is 1690. The van der Waals surface area contributed by atoms with Crippen LogP contribution in [-0.4, -0.2) is 64.4 Å². The second-order valence-electron chi connectivity index (χ2n) is 10.7. The molecule has 2 amide bonds. The SMILES string of the molecule is COc1ccc(CCNC(=O)C(=O)Nc2ccc(Oc3ccnc4cc(OCC5CCNCC5)c(OC)cc34)c(F)c2)cc1OC. The molecule has 46 heavy (non-hydrogen) atoms. The van der Waals surface area contributed by atoms with Gasteiger partial charge in [-0.25, -0.2) is 4.39 Å². The monoisotopic (exact) mass is 632 g/mol. The topological polar surface area (TPSA) is 129 Å². The highest BCUT2D eigenvalue weighted by Gasteiger charge is 2.18. The van der Waals surface area contributed by atoms with Gasteiger partial charge in [-0.15, -0.1) is 0 Å². The summed E-state index contributed by atoms with van der Waals surface area (Å²) in [4.78, 5) is 29.3. The Morgan fingerprint density at radius 1 is 0.848 bits per heavy atom. The fraction of sp³-hybridized carbons (Fsp3) is 0.324. The highest BCUT2D eigenvalue weighted by Crippen LogP contribution is 2.38.